The van der Waals surface area contributed by atoms with Gasteiger partial charge in [-0.25, -0.2) is 0 Å². The van der Waals surface area contributed by atoms with E-state index in [-0.39, 0.29) is 0 Å². The molecule has 28 heavy (non-hydrogen) atoms. The lowest BCUT2D eigenvalue weighted by atomic mass is 10.1. The Kier molecular flexibility index (Phi) is 6.00. The summed E-state index contributed by atoms with van der Waals surface area (Å²) in [5.74, 6) is 2.48. The molecule has 150 valence electrons. The van der Waals surface area contributed by atoms with Gasteiger partial charge in [-0.05, 0) is 42.3 Å². The van der Waals surface area contributed by atoms with Crippen molar-refractivity contribution in [2.45, 2.75) is 19.6 Å². The van der Waals surface area contributed by atoms with Crippen molar-refractivity contribution in [3.05, 3.63) is 53.6 Å². The van der Waals surface area contributed by atoms with Crippen LogP contribution in [0.15, 0.2) is 42.5 Å². The summed E-state index contributed by atoms with van der Waals surface area (Å²) >= 11 is 0. The molecule has 2 aromatic rings. The van der Waals surface area contributed by atoms with E-state index in [9.17, 15) is 5.11 Å². The van der Waals surface area contributed by atoms with E-state index in [2.05, 4.69) is 21.9 Å². The molecule has 0 amide bonds. The molecule has 0 saturated carbocycles. The van der Waals surface area contributed by atoms with Gasteiger partial charge in [0, 0.05) is 39.3 Å². The van der Waals surface area contributed by atoms with Crippen LogP contribution in [0.3, 0.4) is 0 Å². The predicted octanol–water partition coefficient (Wildman–Crippen LogP) is 2.28. The Morgan fingerprint density at radius 1 is 1.00 bits per heavy atom. The summed E-state index contributed by atoms with van der Waals surface area (Å²) in [5.41, 5.74) is 2.40. The lowest BCUT2D eigenvalue weighted by Gasteiger charge is -2.35. The molecule has 2 aliphatic heterocycles. The van der Waals surface area contributed by atoms with Crippen LogP contribution < -0.4 is 14.2 Å². The number of β-amino-alcohol motifs (C(OH)–C–C–N with tert-alkyl or cyclic N) is 1. The zero-order chi connectivity index (χ0) is 19.3. The monoisotopic (exact) mass is 384 g/mol. The van der Waals surface area contributed by atoms with Gasteiger partial charge in [0.1, 0.15) is 18.5 Å². The lowest BCUT2D eigenvalue weighted by molar-refractivity contribution is 0.0446. The second-order valence-electron chi connectivity index (χ2n) is 7.55. The zero-order valence-electron chi connectivity index (χ0n) is 16.3. The molecule has 1 N–H and O–H groups in total. The summed E-state index contributed by atoms with van der Waals surface area (Å²) < 4.78 is 16.6. The third-order valence-corrected chi connectivity index (χ3v) is 5.21. The number of benzene rings is 2. The lowest BCUT2D eigenvalue weighted by Crippen LogP contribution is -2.48. The molecular weight excluding hydrogens is 356 g/mol. The van der Waals surface area contributed by atoms with Gasteiger partial charge in [-0.2, -0.15) is 0 Å². The van der Waals surface area contributed by atoms with Gasteiger partial charge in [0.15, 0.2) is 11.5 Å². The minimum Gasteiger partial charge on any atom is -0.491 e. The SMILES string of the molecule is Cc1cccc(OCC(O)CN2CCN(Cc3ccc4c(c3)OCO4)CC2)c1. The fourth-order valence-electron chi connectivity index (χ4n) is 3.68. The number of fused-ring (bicyclic) bond motifs is 1. The second-order valence-corrected chi connectivity index (χ2v) is 7.55. The van der Waals surface area contributed by atoms with Crippen LogP contribution in [0, 0.1) is 6.92 Å². The van der Waals surface area contributed by atoms with E-state index in [1.165, 1.54) is 5.56 Å². The normalized spacial score (nSPS) is 18.2. The van der Waals surface area contributed by atoms with Crippen LogP contribution in [0.25, 0.3) is 0 Å². The number of aryl methyl sites for hydroxylation is 1. The van der Waals surface area contributed by atoms with Gasteiger partial charge in [-0.1, -0.05) is 18.2 Å². The number of rotatable bonds is 7. The summed E-state index contributed by atoms with van der Waals surface area (Å²) in [4.78, 5) is 4.74. The van der Waals surface area contributed by atoms with Gasteiger partial charge in [-0.3, -0.25) is 9.80 Å². The van der Waals surface area contributed by atoms with Crippen LogP contribution in [0.5, 0.6) is 17.2 Å². The van der Waals surface area contributed by atoms with Crippen molar-refractivity contribution < 1.29 is 19.3 Å². The van der Waals surface area contributed by atoms with Crippen molar-refractivity contribution in [2.24, 2.45) is 0 Å². The van der Waals surface area contributed by atoms with Crippen LogP contribution in [0.1, 0.15) is 11.1 Å². The number of piperazine rings is 1. The molecule has 2 aromatic carbocycles. The van der Waals surface area contributed by atoms with E-state index in [4.69, 9.17) is 14.2 Å². The Morgan fingerprint density at radius 2 is 1.79 bits per heavy atom. The first kappa shape index (κ1) is 19.1. The van der Waals surface area contributed by atoms with Gasteiger partial charge < -0.3 is 19.3 Å². The van der Waals surface area contributed by atoms with Crippen LogP contribution in [-0.4, -0.2) is 67.1 Å². The highest BCUT2D eigenvalue weighted by atomic mass is 16.7. The molecular formula is C22H28N2O4. The maximum atomic E-state index is 10.3. The highest BCUT2D eigenvalue weighted by Crippen LogP contribution is 2.32. The van der Waals surface area contributed by atoms with E-state index in [1.807, 2.05) is 37.3 Å². The molecule has 1 fully saturated rings. The third kappa shape index (κ3) is 4.95. The Morgan fingerprint density at radius 3 is 2.61 bits per heavy atom. The average Bonchev–Trinajstić information content (AvgIpc) is 3.16. The maximum absolute atomic E-state index is 10.3. The first-order chi connectivity index (χ1) is 13.7. The summed E-state index contributed by atoms with van der Waals surface area (Å²) in [6, 6.07) is 14.1. The fraction of sp³-hybridized carbons (Fsp3) is 0.455. The molecule has 0 aliphatic carbocycles. The van der Waals surface area contributed by atoms with E-state index >= 15 is 0 Å². The topological polar surface area (TPSA) is 54.4 Å². The van der Waals surface area contributed by atoms with E-state index in [0.717, 1.165) is 55.5 Å². The molecule has 0 aromatic heterocycles. The zero-order valence-corrected chi connectivity index (χ0v) is 16.3. The molecule has 6 heteroatoms. The van der Waals surface area contributed by atoms with Crippen molar-refractivity contribution in [1.82, 2.24) is 9.80 Å². The van der Waals surface area contributed by atoms with Crippen molar-refractivity contribution >= 4 is 0 Å². The molecule has 6 nitrogen and oxygen atoms in total. The van der Waals surface area contributed by atoms with Gasteiger partial charge in [0.05, 0.1) is 0 Å². The van der Waals surface area contributed by atoms with Gasteiger partial charge >= 0.3 is 0 Å². The van der Waals surface area contributed by atoms with Crippen molar-refractivity contribution in [2.75, 3.05) is 46.1 Å². The van der Waals surface area contributed by atoms with Crippen LogP contribution in [0.4, 0.5) is 0 Å². The van der Waals surface area contributed by atoms with E-state index in [0.29, 0.717) is 19.9 Å². The maximum Gasteiger partial charge on any atom is 0.231 e. The number of aliphatic hydroxyl groups is 1. The molecule has 2 heterocycles. The minimum atomic E-state index is -0.485. The second kappa shape index (κ2) is 8.82. The van der Waals surface area contributed by atoms with Crippen molar-refractivity contribution in [3.63, 3.8) is 0 Å². The Bertz CT molecular complexity index is 790. The Labute approximate surface area is 166 Å². The molecule has 1 unspecified atom stereocenters. The largest absolute Gasteiger partial charge is 0.491 e. The molecule has 0 radical (unpaired) electrons. The summed E-state index contributed by atoms with van der Waals surface area (Å²) in [6.07, 6.45) is -0.485. The van der Waals surface area contributed by atoms with E-state index < -0.39 is 6.10 Å². The quantitative estimate of drug-likeness (QED) is 0.791. The van der Waals surface area contributed by atoms with Crippen LogP contribution in [-0.2, 0) is 6.54 Å². The number of ether oxygens (including phenoxy) is 3. The molecule has 1 atom stereocenters. The van der Waals surface area contributed by atoms with Gasteiger partial charge in [-0.15, -0.1) is 0 Å². The van der Waals surface area contributed by atoms with Crippen molar-refractivity contribution in [1.29, 1.82) is 0 Å². The number of hydrogen-bond donors (Lipinski definition) is 1. The summed E-state index contributed by atoms with van der Waals surface area (Å²) in [6.45, 7) is 8.09. The standard InChI is InChI=1S/C22H28N2O4/c1-17-3-2-4-20(11-17)26-15-19(25)14-24-9-7-23(8-10-24)13-18-5-6-21-22(12-18)28-16-27-21/h2-6,11-12,19,25H,7-10,13-16H2,1H3. The third-order valence-electron chi connectivity index (χ3n) is 5.21. The van der Waals surface area contributed by atoms with Crippen LogP contribution >= 0.6 is 0 Å². The number of aliphatic hydroxyl groups excluding tert-OH is 1. The van der Waals surface area contributed by atoms with Gasteiger partial charge in [0.2, 0.25) is 6.79 Å². The first-order valence-corrected chi connectivity index (χ1v) is 9.86. The van der Waals surface area contributed by atoms with Crippen LogP contribution in [0.2, 0.25) is 0 Å². The van der Waals surface area contributed by atoms with E-state index in [1.54, 1.807) is 0 Å². The summed E-state index contributed by atoms with van der Waals surface area (Å²) in [5, 5.41) is 10.3. The number of nitrogens with zero attached hydrogens (tertiary/aromatic N) is 2. The predicted molar refractivity (Wildman–Crippen MR) is 107 cm³/mol. The molecule has 2 aliphatic rings. The smallest absolute Gasteiger partial charge is 0.231 e. The Balaban J connectivity index is 1.18. The first-order valence-electron chi connectivity index (χ1n) is 9.86. The Hall–Kier alpha value is -2.28. The average molecular weight is 384 g/mol. The number of hydrogen-bond acceptors (Lipinski definition) is 6. The highest BCUT2D eigenvalue weighted by molar-refractivity contribution is 5.44. The molecule has 4 rings (SSSR count). The molecule has 0 bridgehead atoms. The minimum absolute atomic E-state index is 0.313. The fourth-order valence-corrected chi connectivity index (χ4v) is 3.68. The van der Waals surface area contributed by atoms with Gasteiger partial charge in [0.25, 0.3) is 0 Å². The highest BCUT2D eigenvalue weighted by Gasteiger charge is 2.20. The molecule has 0 spiro atoms. The molecule has 1 saturated heterocycles. The van der Waals surface area contributed by atoms with Crippen molar-refractivity contribution in [3.8, 4) is 17.2 Å². The summed E-state index contributed by atoms with van der Waals surface area (Å²) in [7, 11) is 0.